The third-order valence-electron chi connectivity index (χ3n) is 1.12. The molecule has 0 aromatic rings. The molecule has 0 aliphatic carbocycles. The number of hydrogen-bond donors (Lipinski definition) is 0. The van der Waals surface area contributed by atoms with Crippen LogP contribution in [0.25, 0.3) is 0 Å². The molecule has 0 aromatic carbocycles. The van der Waals surface area contributed by atoms with E-state index in [-0.39, 0.29) is 19.1 Å². The Morgan fingerprint density at radius 1 is 1.20 bits per heavy atom. The van der Waals surface area contributed by atoms with Crippen LogP contribution in [0, 0.1) is 5.92 Å². The van der Waals surface area contributed by atoms with Gasteiger partial charge in [0.15, 0.2) is 0 Å². The van der Waals surface area contributed by atoms with Crippen molar-refractivity contribution >= 4 is 7.99 Å². The van der Waals surface area contributed by atoms with E-state index in [1.807, 2.05) is 0 Å². The molecule has 6 heteroatoms. The van der Waals surface area contributed by atoms with E-state index in [0.717, 1.165) is 0 Å². The maximum absolute atomic E-state index is 12.1. The van der Waals surface area contributed by atoms with Gasteiger partial charge in [0.05, 0.1) is 0 Å². The van der Waals surface area contributed by atoms with E-state index < -0.39 is 7.99 Å². The second-order valence-corrected chi connectivity index (χ2v) is 4.25. The number of halogens is 3. The van der Waals surface area contributed by atoms with Crippen LogP contribution in [0.4, 0.5) is 12.6 Å². The van der Waals surface area contributed by atoms with Crippen molar-refractivity contribution in [1.29, 1.82) is 0 Å². The minimum absolute atomic E-state index is 0.155. The van der Waals surface area contributed by atoms with Gasteiger partial charge >= 0.3 is 55.7 Å². The Morgan fingerprint density at radius 3 is 1.90 bits per heavy atom. The van der Waals surface area contributed by atoms with Crippen molar-refractivity contribution in [3.05, 3.63) is 0 Å². The fourth-order valence-corrected chi connectivity index (χ4v) is 1.61. The van der Waals surface area contributed by atoms with Crippen molar-refractivity contribution in [2.75, 3.05) is 13.2 Å². The molecule has 1 aliphatic rings. The zero-order valence-corrected chi connectivity index (χ0v) is 6.28. The average Bonchev–Trinajstić information content (AvgIpc) is 1.77. The topological polar surface area (TPSA) is 18.5 Å². The van der Waals surface area contributed by atoms with Crippen molar-refractivity contribution in [3.63, 3.8) is 0 Å². The third kappa shape index (κ3) is 2.08. The van der Waals surface area contributed by atoms with Crippen LogP contribution in [0.3, 0.4) is 0 Å². The van der Waals surface area contributed by atoms with Crippen molar-refractivity contribution in [2.45, 2.75) is 6.92 Å². The van der Waals surface area contributed by atoms with Crippen LogP contribution in [0.5, 0.6) is 0 Å². The average molecular weight is 176 g/mol. The zero-order chi connectivity index (χ0) is 7.85. The molecule has 62 valence electrons. The number of hydrogen-bond acceptors (Lipinski definition) is 2. The first-order chi connectivity index (χ1) is 4.37. The fraction of sp³-hybridized carbons (Fsp3) is 1.00. The summed E-state index contributed by atoms with van der Waals surface area (Å²) >= 11 is 0. The van der Waals surface area contributed by atoms with Crippen LogP contribution < -0.4 is 0 Å². The van der Waals surface area contributed by atoms with Crippen LogP contribution >= 0.6 is 7.99 Å². The molecule has 10 heavy (non-hydrogen) atoms. The SMILES string of the molecule is CC1COP(F)(F)(F)OC1. The van der Waals surface area contributed by atoms with E-state index in [4.69, 9.17) is 0 Å². The van der Waals surface area contributed by atoms with Crippen LogP contribution in [0.2, 0.25) is 0 Å². The summed E-state index contributed by atoms with van der Waals surface area (Å²) in [5, 5.41) is 0. The molecule has 0 saturated carbocycles. The molecular formula is C4H8F3O2P. The first kappa shape index (κ1) is 8.24. The predicted molar refractivity (Wildman–Crippen MR) is 31.3 cm³/mol. The van der Waals surface area contributed by atoms with Gasteiger partial charge in [-0.25, -0.2) is 0 Å². The van der Waals surface area contributed by atoms with E-state index in [0.29, 0.717) is 0 Å². The molecule has 1 saturated heterocycles. The van der Waals surface area contributed by atoms with Crippen molar-refractivity contribution < 1.29 is 21.6 Å². The maximum atomic E-state index is 12.1. The van der Waals surface area contributed by atoms with Gasteiger partial charge in [-0.15, -0.1) is 0 Å². The van der Waals surface area contributed by atoms with Crippen LogP contribution in [-0.4, -0.2) is 13.2 Å². The van der Waals surface area contributed by atoms with E-state index >= 15 is 0 Å². The quantitative estimate of drug-likeness (QED) is 0.528. The normalized spacial score (nSPS) is 41.6. The van der Waals surface area contributed by atoms with E-state index in [2.05, 4.69) is 9.05 Å². The summed E-state index contributed by atoms with van der Waals surface area (Å²) < 4.78 is 43.6. The summed E-state index contributed by atoms with van der Waals surface area (Å²) in [6.45, 7) is 1.12. The Balaban J connectivity index is 2.55. The molecule has 1 fully saturated rings. The van der Waals surface area contributed by atoms with E-state index in [1.54, 1.807) is 6.92 Å². The Hall–Kier alpha value is 0.140. The van der Waals surface area contributed by atoms with Gasteiger partial charge < -0.3 is 0 Å². The standard InChI is InChI=1S/C4H8F3O2P/c1-4-2-8-10(5,6,7)9-3-4/h4H,2-3H2,1H3. The fourth-order valence-electron chi connectivity index (χ4n) is 0.570. The van der Waals surface area contributed by atoms with Gasteiger partial charge in [-0.3, -0.25) is 0 Å². The Labute approximate surface area is 56.8 Å². The molecule has 0 amide bonds. The predicted octanol–water partition coefficient (Wildman–Crippen LogP) is 2.71. The molecule has 1 heterocycles. The summed E-state index contributed by atoms with van der Waals surface area (Å²) in [5.41, 5.74) is 0. The summed E-state index contributed by atoms with van der Waals surface area (Å²) in [6.07, 6.45) is 0. The van der Waals surface area contributed by atoms with Gasteiger partial charge in [0.2, 0.25) is 0 Å². The first-order valence-corrected chi connectivity index (χ1v) is 4.59. The molecule has 2 nitrogen and oxygen atoms in total. The Bertz CT molecular complexity index is 131. The molecular weight excluding hydrogens is 168 g/mol. The van der Waals surface area contributed by atoms with Crippen LogP contribution in [-0.2, 0) is 9.05 Å². The molecule has 1 rings (SSSR count). The van der Waals surface area contributed by atoms with Crippen LogP contribution in [0.1, 0.15) is 6.92 Å². The zero-order valence-electron chi connectivity index (χ0n) is 5.39. The molecule has 0 aromatic heterocycles. The van der Waals surface area contributed by atoms with E-state index in [1.165, 1.54) is 0 Å². The minimum atomic E-state index is -6.59. The third-order valence-corrected chi connectivity index (χ3v) is 2.21. The molecule has 0 bridgehead atoms. The summed E-state index contributed by atoms with van der Waals surface area (Å²) in [5.74, 6) is -0.155. The molecule has 0 spiro atoms. The van der Waals surface area contributed by atoms with Gasteiger partial charge in [-0.1, -0.05) is 0 Å². The van der Waals surface area contributed by atoms with Crippen molar-refractivity contribution in [2.24, 2.45) is 5.92 Å². The van der Waals surface area contributed by atoms with Gasteiger partial charge in [0.25, 0.3) is 0 Å². The number of rotatable bonds is 0. The summed E-state index contributed by atoms with van der Waals surface area (Å²) in [7, 11) is -6.59. The van der Waals surface area contributed by atoms with Gasteiger partial charge in [0.1, 0.15) is 0 Å². The molecule has 0 radical (unpaired) electrons. The van der Waals surface area contributed by atoms with Gasteiger partial charge in [-0.05, 0) is 0 Å². The van der Waals surface area contributed by atoms with Gasteiger partial charge in [-0.2, -0.15) is 0 Å². The van der Waals surface area contributed by atoms with E-state index in [9.17, 15) is 12.6 Å². The first-order valence-electron chi connectivity index (χ1n) is 2.84. The molecule has 0 atom stereocenters. The Morgan fingerprint density at radius 2 is 1.60 bits per heavy atom. The van der Waals surface area contributed by atoms with Crippen molar-refractivity contribution in [1.82, 2.24) is 0 Å². The summed E-state index contributed by atoms with van der Waals surface area (Å²) in [4.78, 5) is 0. The molecule has 0 unspecified atom stereocenters. The Kier molecular flexibility index (Phi) is 1.70. The van der Waals surface area contributed by atoms with Crippen molar-refractivity contribution in [3.8, 4) is 0 Å². The van der Waals surface area contributed by atoms with Crippen LogP contribution in [0.15, 0.2) is 0 Å². The monoisotopic (exact) mass is 176 g/mol. The van der Waals surface area contributed by atoms with Gasteiger partial charge in [0, 0.05) is 0 Å². The second-order valence-electron chi connectivity index (χ2n) is 2.38. The second kappa shape index (κ2) is 2.06. The molecule has 1 aliphatic heterocycles. The molecule has 0 N–H and O–H groups in total. The summed E-state index contributed by atoms with van der Waals surface area (Å²) in [6, 6.07) is 0.